The van der Waals surface area contributed by atoms with E-state index in [0.717, 1.165) is 33.4 Å². The highest BCUT2D eigenvalue weighted by atomic mass is 16.5. The molecular weight excluding hydrogens is 1030 g/mol. The van der Waals surface area contributed by atoms with E-state index in [1.54, 1.807) is 42.7 Å². The second kappa shape index (κ2) is 20.7. The van der Waals surface area contributed by atoms with Gasteiger partial charge in [0.05, 0.1) is 89.2 Å². The number of esters is 1. The summed E-state index contributed by atoms with van der Waals surface area (Å²) in [5, 5.41) is 0. The molecule has 0 unspecified atom stereocenters. The molecule has 5 aromatic carbocycles. The molecule has 8 bridgehead atoms. The topological polar surface area (TPSA) is 148 Å². The normalized spacial score (nSPS) is 13.2. The Kier molecular flexibility index (Phi) is 13.8. The molecule has 8 aromatic rings. The van der Waals surface area contributed by atoms with E-state index >= 15 is 0 Å². The lowest BCUT2D eigenvalue weighted by Gasteiger charge is -2.39. The molecule has 0 amide bonds. The fraction of sp³-hybridized carbons (Fsp3) is 0.261. The van der Waals surface area contributed by atoms with Gasteiger partial charge in [-0.15, -0.1) is 0 Å². The van der Waals surface area contributed by atoms with Gasteiger partial charge < -0.3 is 47.9 Å². The highest BCUT2D eigenvalue weighted by Crippen LogP contribution is 2.56. The van der Waals surface area contributed by atoms with E-state index in [9.17, 15) is 4.79 Å². The van der Waals surface area contributed by atoms with Crippen molar-refractivity contribution in [2.75, 3.05) is 49.8 Å². The molecule has 418 valence electrons. The summed E-state index contributed by atoms with van der Waals surface area (Å²) in [5.74, 6) is 4.01. The zero-order valence-corrected chi connectivity index (χ0v) is 49.2. The first-order valence-electron chi connectivity index (χ1n) is 27.2. The molecule has 3 aliphatic heterocycles. The second-order valence-electron chi connectivity index (χ2n) is 23.1. The molecule has 0 saturated heterocycles. The van der Waals surface area contributed by atoms with Crippen molar-refractivity contribution in [3.8, 4) is 90.5 Å². The molecule has 0 saturated carbocycles. The summed E-state index contributed by atoms with van der Waals surface area (Å²) < 4.78 is 49.9. The lowest BCUT2D eigenvalue weighted by atomic mass is 9.70. The molecule has 82 heavy (non-hydrogen) atoms. The Morgan fingerprint density at radius 1 is 0.439 bits per heavy atom. The van der Waals surface area contributed by atoms with Gasteiger partial charge in [-0.1, -0.05) is 85.7 Å². The van der Waals surface area contributed by atoms with E-state index < -0.39 is 11.4 Å². The molecule has 3 aromatic heterocycles. The van der Waals surface area contributed by atoms with Crippen molar-refractivity contribution >= 4 is 52.3 Å². The predicted octanol–water partition coefficient (Wildman–Crippen LogP) is 16.2. The number of H-pyrrole nitrogens is 2. The van der Waals surface area contributed by atoms with Crippen LogP contribution in [-0.2, 0) is 21.0 Å². The predicted molar refractivity (Wildman–Crippen MR) is 327 cm³/mol. The summed E-state index contributed by atoms with van der Waals surface area (Å²) >= 11 is 0. The van der Waals surface area contributed by atoms with Crippen LogP contribution >= 0.6 is 0 Å². The van der Waals surface area contributed by atoms with Crippen LogP contribution in [0.1, 0.15) is 111 Å². The van der Waals surface area contributed by atoms with Gasteiger partial charge in [0, 0.05) is 66.4 Å². The molecule has 3 aliphatic rings. The number of hydrogen-bond acceptors (Lipinski definition) is 11. The molecule has 0 aliphatic carbocycles. The molecule has 0 radical (unpaired) electrons. The number of fused-ring (bicyclic) bond motifs is 10. The number of nitrogens with zero attached hydrogens (tertiary/aromatic N) is 2. The van der Waals surface area contributed by atoms with Gasteiger partial charge in [0.2, 0.25) is 0 Å². The number of rotatable bonds is 11. The molecule has 2 N–H and O–H groups in total. The maximum Gasteiger partial charge on any atom is 0.341 e. The Morgan fingerprint density at radius 2 is 0.768 bits per heavy atom. The van der Waals surface area contributed by atoms with Gasteiger partial charge in [-0.25, -0.2) is 14.8 Å². The largest absolute Gasteiger partial charge is 0.496 e. The second-order valence-corrected chi connectivity index (χ2v) is 23.1. The smallest absolute Gasteiger partial charge is 0.341 e. The number of aromatic amines is 2. The first-order chi connectivity index (χ1) is 39.3. The number of benzene rings is 5. The molecule has 0 fully saturated rings. The molecule has 13 nitrogen and oxygen atoms in total. The lowest BCUT2D eigenvalue weighted by molar-refractivity contribution is 0.0597. The summed E-state index contributed by atoms with van der Waals surface area (Å²) in [6.07, 6.45) is 8.08. The minimum Gasteiger partial charge on any atom is -0.496 e. The number of aromatic nitrogens is 4. The third kappa shape index (κ3) is 9.08. The van der Waals surface area contributed by atoms with E-state index in [0.29, 0.717) is 130 Å². The number of carbonyl (C=O) groups excluding carboxylic acids is 1. The zero-order chi connectivity index (χ0) is 58.2. The van der Waals surface area contributed by atoms with E-state index in [4.69, 9.17) is 47.9 Å². The van der Waals surface area contributed by atoms with Crippen molar-refractivity contribution < 1.29 is 42.7 Å². The van der Waals surface area contributed by atoms with Crippen molar-refractivity contribution in [3.63, 3.8) is 0 Å². The number of ether oxygens (including phenoxy) is 8. The van der Waals surface area contributed by atoms with Gasteiger partial charge in [-0.2, -0.15) is 0 Å². The Bertz CT molecular complexity index is 4040. The Labute approximate surface area is 478 Å². The molecule has 0 spiro atoms. The Balaban J connectivity index is 1.37. The Hall–Kier alpha value is -9.23. The van der Waals surface area contributed by atoms with E-state index in [2.05, 4.69) is 95.7 Å². The van der Waals surface area contributed by atoms with Crippen molar-refractivity contribution in [1.82, 2.24) is 19.9 Å². The van der Waals surface area contributed by atoms with Gasteiger partial charge >= 0.3 is 5.97 Å². The minimum atomic E-state index is -0.688. The van der Waals surface area contributed by atoms with Gasteiger partial charge in [0.25, 0.3) is 0 Å². The standard InChI is InChI=1S/C69H68N4O9/c1-67(2,3)37-33-39(64-41(35-37)69(7,8)42-36-38(68(4,5)6)34-40(65(42)82-64)66(74)81-15)57-43-25-27-45(70-43)58(61-51(75-9)19-16-20-52(61)76-10)47-29-31-49(72-47)60(63-55(79-13)23-18-24-56(63)80-14)50-32-30-48(73-50)59(46-28-26-44(57)71-46)62-53(77-11)21-17-22-54(62)78-12/h16-36,70,73H,1-15H3. The quantitative estimate of drug-likeness (QED) is 0.119. The monoisotopic (exact) mass is 1100 g/mol. The van der Waals surface area contributed by atoms with Crippen LogP contribution in [0.4, 0.5) is 0 Å². The van der Waals surface area contributed by atoms with Gasteiger partial charge in [0.15, 0.2) is 0 Å². The number of nitrogens with one attached hydrogen (secondary N) is 2. The van der Waals surface area contributed by atoms with Crippen LogP contribution < -0.4 is 33.2 Å². The maximum atomic E-state index is 14.1. The number of carbonyl (C=O) groups is 1. The van der Waals surface area contributed by atoms with Crippen molar-refractivity contribution in [3.05, 3.63) is 154 Å². The molecule has 0 atom stereocenters. The average molecular weight is 1100 g/mol. The van der Waals surface area contributed by atoms with E-state index in [1.807, 2.05) is 97.1 Å². The third-order valence-electron chi connectivity index (χ3n) is 15.9. The molecule has 6 heterocycles. The summed E-state index contributed by atoms with van der Waals surface area (Å²) in [6.45, 7) is 17.5. The van der Waals surface area contributed by atoms with Crippen LogP contribution in [0, 0.1) is 0 Å². The highest BCUT2D eigenvalue weighted by molar-refractivity contribution is 6.04. The average Bonchev–Trinajstić information content (AvgIpc) is 4.03. The fourth-order valence-electron chi connectivity index (χ4n) is 11.5. The van der Waals surface area contributed by atoms with Gasteiger partial charge in [-0.3, -0.25) is 0 Å². The van der Waals surface area contributed by atoms with Gasteiger partial charge in [0.1, 0.15) is 51.6 Å². The van der Waals surface area contributed by atoms with Crippen LogP contribution in [0.5, 0.6) is 46.0 Å². The van der Waals surface area contributed by atoms with Crippen LogP contribution in [0.3, 0.4) is 0 Å². The summed E-state index contributed by atoms with van der Waals surface area (Å²) in [4.78, 5) is 33.1. The summed E-state index contributed by atoms with van der Waals surface area (Å²) in [5.41, 5.74) is 13.9. The van der Waals surface area contributed by atoms with Crippen LogP contribution in [-0.4, -0.2) is 75.7 Å². The number of hydrogen-bond donors (Lipinski definition) is 2. The fourth-order valence-corrected chi connectivity index (χ4v) is 11.5. The first-order valence-corrected chi connectivity index (χ1v) is 27.2. The first kappa shape index (κ1) is 54.7. The highest BCUT2D eigenvalue weighted by Gasteiger charge is 2.41. The number of methoxy groups -OCH3 is 7. The third-order valence-corrected chi connectivity index (χ3v) is 15.9. The van der Waals surface area contributed by atoms with Crippen molar-refractivity contribution in [2.24, 2.45) is 0 Å². The molecule has 13 heteroatoms. The van der Waals surface area contributed by atoms with Crippen molar-refractivity contribution in [2.45, 2.75) is 71.6 Å². The summed E-state index contributed by atoms with van der Waals surface area (Å²) in [7, 11) is 11.3. The van der Waals surface area contributed by atoms with Crippen molar-refractivity contribution in [1.29, 1.82) is 0 Å². The van der Waals surface area contributed by atoms with Crippen LogP contribution in [0.2, 0.25) is 0 Å². The van der Waals surface area contributed by atoms with Gasteiger partial charge in [-0.05, 0) is 119 Å². The zero-order valence-electron chi connectivity index (χ0n) is 49.2. The SMILES string of the molecule is COC(=O)c1cc(C(C)(C)C)cc2c1Oc1c(-c3c4nc(c(-c5c(OC)cccc5OC)c5ccc([nH]5)c(-c5c(OC)cccc5OC)c5nc(c(-c6c(OC)cccc6OC)c6ccc3[nH]6)C=C5)C=C4)cc(C(C)(C)C)cc1C2(C)C. The van der Waals surface area contributed by atoms with E-state index in [-0.39, 0.29) is 10.8 Å². The Morgan fingerprint density at radius 3 is 1.11 bits per heavy atom. The molecule has 11 rings (SSSR count). The maximum absolute atomic E-state index is 14.1. The minimum absolute atomic E-state index is 0.295. The summed E-state index contributed by atoms with van der Waals surface area (Å²) in [6, 6.07) is 34.0. The van der Waals surface area contributed by atoms with Crippen LogP contribution in [0.15, 0.2) is 103 Å². The lowest BCUT2D eigenvalue weighted by Crippen LogP contribution is -2.28. The molecular formula is C69H68N4O9. The van der Waals surface area contributed by atoms with Crippen LogP contribution in [0.25, 0.3) is 90.9 Å². The van der Waals surface area contributed by atoms with E-state index in [1.165, 1.54) is 7.11 Å².